The molecule has 0 amide bonds. The Hall–Kier alpha value is -0.460. The summed E-state index contributed by atoms with van der Waals surface area (Å²) in [7, 11) is 0. The van der Waals surface area contributed by atoms with Gasteiger partial charge in [-0.05, 0) is 12.8 Å². The molecule has 1 heteroatoms. The number of rotatable bonds is 27. The molecule has 1 nitrogen and oxygen atoms in total. The zero-order valence-corrected chi connectivity index (χ0v) is 21.7. The van der Waals surface area contributed by atoms with Crippen LogP contribution in [0.15, 0.2) is 12.3 Å². The van der Waals surface area contributed by atoms with Crippen molar-refractivity contribution in [2.24, 2.45) is 0 Å². The minimum Gasteiger partial charge on any atom is -0.160 e. The molecule has 184 valence electrons. The van der Waals surface area contributed by atoms with Gasteiger partial charge in [-0.25, -0.2) is 0 Å². The summed E-state index contributed by atoms with van der Waals surface area (Å²) in [6.07, 6.45) is 41.6. The van der Waals surface area contributed by atoms with E-state index < -0.39 is 0 Å². The van der Waals surface area contributed by atoms with E-state index in [1.54, 1.807) is 0 Å². The molecule has 0 fully saturated rings. The molecular formula is C30H59N. The highest BCUT2D eigenvalue weighted by Gasteiger charge is 1.96. The summed E-state index contributed by atoms with van der Waals surface area (Å²) in [6, 6.07) is 0. The largest absolute Gasteiger partial charge is 0.160 e. The standard InChI is InChI=1S/C30H59N/c1-2-3-4-5-6-7-8-9-10-11-12-13-14-15-16-17-18-19-20-21-22-23-24-25-26-27-28-29-30-31/h29-30H,2-28H2,1H3/b30-29+. The first-order valence-electron chi connectivity index (χ1n) is 14.7. The number of hydrogen-bond acceptors (Lipinski definition) is 0. The number of unbranched alkanes of at least 4 members (excludes halogenated alkanes) is 26. The smallest absolute Gasteiger partial charge is 0.0455 e. The van der Waals surface area contributed by atoms with Crippen LogP contribution in [0.2, 0.25) is 0 Å². The van der Waals surface area contributed by atoms with Crippen LogP contribution < -0.4 is 5.73 Å². The summed E-state index contributed by atoms with van der Waals surface area (Å²) in [4.78, 5) is 0. The fourth-order valence-electron chi connectivity index (χ4n) is 4.65. The van der Waals surface area contributed by atoms with Crippen molar-refractivity contribution in [2.45, 2.75) is 180 Å². The van der Waals surface area contributed by atoms with Gasteiger partial charge in [0.25, 0.3) is 0 Å². The van der Waals surface area contributed by atoms with Crippen molar-refractivity contribution in [3.05, 3.63) is 12.3 Å². The molecule has 0 heterocycles. The van der Waals surface area contributed by atoms with Crippen LogP contribution in [0, 0.1) is 0 Å². The highest BCUT2D eigenvalue weighted by atomic mass is 14.5. The highest BCUT2D eigenvalue weighted by molar-refractivity contribution is 4.74. The molecule has 0 aliphatic carbocycles. The molecular weight excluding hydrogens is 374 g/mol. The molecule has 0 saturated carbocycles. The first kappa shape index (κ1) is 30.5. The Kier molecular flexibility index (Phi) is 29.1. The Balaban J connectivity index is 2.99. The van der Waals surface area contributed by atoms with Crippen LogP contribution >= 0.6 is 0 Å². The van der Waals surface area contributed by atoms with Gasteiger partial charge in [0.05, 0.1) is 0 Å². The predicted octanol–water partition coefficient (Wildman–Crippen LogP) is 11.1. The van der Waals surface area contributed by atoms with E-state index in [0.717, 1.165) is 6.42 Å². The predicted molar refractivity (Wildman–Crippen MR) is 142 cm³/mol. The van der Waals surface area contributed by atoms with E-state index in [4.69, 9.17) is 5.73 Å². The second-order valence-corrected chi connectivity index (χ2v) is 10.0. The van der Waals surface area contributed by atoms with Crippen molar-refractivity contribution in [3.63, 3.8) is 0 Å². The quantitative estimate of drug-likeness (QED) is 0.115. The lowest BCUT2D eigenvalue weighted by atomic mass is 10.0. The van der Waals surface area contributed by atoms with Crippen molar-refractivity contribution in [2.75, 3.05) is 0 Å². The maximum atomic E-state index is 8.58. The fraction of sp³-hybridized carbons (Fsp3) is 0.933. The molecule has 0 atom stereocenters. The van der Waals surface area contributed by atoms with Crippen molar-refractivity contribution >= 4 is 0 Å². The van der Waals surface area contributed by atoms with Gasteiger partial charge in [0.1, 0.15) is 0 Å². The minimum absolute atomic E-state index is 1.04. The van der Waals surface area contributed by atoms with Crippen LogP contribution in [-0.2, 0) is 0 Å². The van der Waals surface area contributed by atoms with Gasteiger partial charge in [-0.2, -0.15) is 5.73 Å². The molecule has 0 rings (SSSR count). The minimum atomic E-state index is 1.04. The molecule has 2 radical (unpaired) electrons. The third-order valence-corrected chi connectivity index (χ3v) is 6.83. The van der Waals surface area contributed by atoms with E-state index in [2.05, 4.69) is 6.92 Å². The third kappa shape index (κ3) is 29.5. The van der Waals surface area contributed by atoms with Crippen molar-refractivity contribution in [1.82, 2.24) is 5.73 Å². The van der Waals surface area contributed by atoms with Crippen LogP contribution in [0.1, 0.15) is 180 Å². The molecule has 0 spiro atoms. The summed E-state index contributed by atoms with van der Waals surface area (Å²) < 4.78 is 0. The van der Waals surface area contributed by atoms with Crippen molar-refractivity contribution < 1.29 is 0 Å². The van der Waals surface area contributed by atoms with Crippen molar-refractivity contribution in [1.29, 1.82) is 0 Å². The van der Waals surface area contributed by atoms with Crippen molar-refractivity contribution in [3.8, 4) is 0 Å². The van der Waals surface area contributed by atoms with Gasteiger partial charge in [0, 0.05) is 6.20 Å². The van der Waals surface area contributed by atoms with E-state index in [1.165, 1.54) is 173 Å². The number of allylic oxidation sites excluding steroid dienone is 1. The summed E-state index contributed by atoms with van der Waals surface area (Å²) in [5.74, 6) is 0. The molecule has 0 aromatic carbocycles. The summed E-state index contributed by atoms with van der Waals surface area (Å²) in [6.45, 7) is 2.30. The molecule has 0 saturated heterocycles. The van der Waals surface area contributed by atoms with Gasteiger partial charge in [-0.15, -0.1) is 0 Å². The number of nitrogens with zero attached hydrogens (tertiary/aromatic N) is 1. The normalized spacial score (nSPS) is 11.6. The Labute approximate surface area is 198 Å². The lowest BCUT2D eigenvalue weighted by Gasteiger charge is -2.04. The summed E-state index contributed by atoms with van der Waals surface area (Å²) in [5, 5.41) is 0. The van der Waals surface area contributed by atoms with Crippen LogP contribution in [0.4, 0.5) is 0 Å². The monoisotopic (exact) mass is 433 g/mol. The fourth-order valence-corrected chi connectivity index (χ4v) is 4.65. The van der Waals surface area contributed by atoms with Crippen LogP contribution in [-0.4, -0.2) is 0 Å². The number of hydrogen-bond donors (Lipinski definition) is 0. The van der Waals surface area contributed by atoms with E-state index in [1.807, 2.05) is 6.08 Å². The molecule has 0 aromatic rings. The van der Waals surface area contributed by atoms with Gasteiger partial charge in [0.2, 0.25) is 0 Å². The Bertz CT molecular complexity index is 322. The molecule has 0 aromatic heterocycles. The van der Waals surface area contributed by atoms with E-state index in [9.17, 15) is 0 Å². The van der Waals surface area contributed by atoms with Crippen LogP contribution in [0.25, 0.3) is 0 Å². The first-order valence-corrected chi connectivity index (χ1v) is 14.7. The third-order valence-electron chi connectivity index (χ3n) is 6.83. The molecule has 0 aliphatic rings. The van der Waals surface area contributed by atoms with Gasteiger partial charge in [-0.3, -0.25) is 0 Å². The lowest BCUT2D eigenvalue weighted by Crippen LogP contribution is -1.84. The van der Waals surface area contributed by atoms with Gasteiger partial charge in [-0.1, -0.05) is 174 Å². The SMILES string of the molecule is CCCCCCCCCCCCCCCCCCCCCCCCCCCC/C=C/[N]. The lowest BCUT2D eigenvalue weighted by molar-refractivity contribution is 0.515. The van der Waals surface area contributed by atoms with Crippen LogP contribution in [0.5, 0.6) is 0 Å². The van der Waals surface area contributed by atoms with Gasteiger partial charge in [0.15, 0.2) is 0 Å². The second-order valence-electron chi connectivity index (χ2n) is 10.0. The maximum absolute atomic E-state index is 8.58. The Morgan fingerprint density at radius 3 is 0.806 bits per heavy atom. The van der Waals surface area contributed by atoms with E-state index in [0.29, 0.717) is 0 Å². The van der Waals surface area contributed by atoms with Gasteiger partial charge < -0.3 is 0 Å². The molecule has 0 unspecified atom stereocenters. The summed E-state index contributed by atoms with van der Waals surface area (Å²) >= 11 is 0. The molecule has 0 N–H and O–H groups in total. The molecule has 0 bridgehead atoms. The van der Waals surface area contributed by atoms with E-state index >= 15 is 0 Å². The maximum Gasteiger partial charge on any atom is 0.0455 e. The Morgan fingerprint density at radius 2 is 0.581 bits per heavy atom. The zero-order chi connectivity index (χ0) is 22.5. The second kappa shape index (κ2) is 29.5. The van der Waals surface area contributed by atoms with Crippen LogP contribution in [0.3, 0.4) is 0 Å². The highest BCUT2D eigenvalue weighted by Crippen LogP contribution is 2.16. The average Bonchev–Trinajstić information content (AvgIpc) is 2.78. The zero-order valence-electron chi connectivity index (χ0n) is 21.7. The average molecular weight is 434 g/mol. The summed E-state index contributed by atoms with van der Waals surface area (Å²) in [5.41, 5.74) is 8.58. The molecule has 31 heavy (non-hydrogen) atoms. The topological polar surface area (TPSA) is 22.3 Å². The van der Waals surface area contributed by atoms with E-state index in [-0.39, 0.29) is 0 Å². The first-order chi connectivity index (χ1) is 15.4. The molecule has 0 aliphatic heterocycles. The Morgan fingerprint density at radius 1 is 0.355 bits per heavy atom. The van der Waals surface area contributed by atoms with Gasteiger partial charge >= 0.3 is 0 Å².